The third kappa shape index (κ3) is 3.10. The van der Waals surface area contributed by atoms with Crippen LogP contribution in [0.25, 0.3) is 0 Å². The molecule has 0 saturated carbocycles. The van der Waals surface area contributed by atoms with Crippen LogP contribution in [0.5, 0.6) is 5.75 Å². The van der Waals surface area contributed by atoms with E-state index in [0.717, 1.165) is 0 Å². The Hall–Kier alpha value is -3.42. The Morgan fingerprint density at radius 1 is 1.21 bits per heavy atom. The van der Waals surface area contributed by atoms with E-state index in [1.165, 1.54) is 11.0 Å². The van der Waals surface area contributed by atoms with Crippen molar-refractivity contribution in [2.75, 3.05) is 5.32 Å². The zero-order valence-corrected chi connectivity index (χ0v) is 15.8. The SMILES string of the molecule is C[C@]1(N2Cc3c(NCc4cccc(O)c4F)cccc3C2=O)CCC(=O)NC1=O. The molecular formula is C21H20FN3O4. The molecule has 29 heavy (non-hydrogen) atoms. The van der Waals surface area contributed by atoms with Crippen molar-refractivity contribution in [1.82, 2.24) is 10.2 Å². The first kappa shape index (κ1) is 18.9. The lowest BCUT2D eigenvalue weighted by atomic mass is 9.89. The number of hydrogen-bond acceptors (Lipinski definition) is 5. The highest BCUT2D eigenvalue weighted by atomic mass is 19.1. The summed E-state index contributed by atoms with van der Waals surface area (Å²) in [4.78, 5) is 38.5. The molecule has 0 aliphatic carbocycles. The number of nitrogens with one attached hydrogen (secondary N) is 2. The van der Waals surface area contributed by atoms with Crippen molar-refractivity contribution < 1.29 is 23.9 Å². The van der Waals surface area contributed by atoms with Crippen LogP contribution in [0.4, 0.5) is 10.1 Å². The molecule has 0 radical (unpaired) electrons. The molecule has 0 bridgehead atoms. The molecule has 1 fully saturated rings. The zero-order chi connectivity index (χ0) is 20.8. The molecule has 150 valence electrons. The number of halogens is 1. The number of benzene rings is 2. The number of rotatable bonds is 4. The minimum atomic E-state index is -1.11. The van der Waals surface area contributed by atoms with Crippen LogP contribution >= 0.6 is 0 Å². The van der Waals surface area contributed by atoms with Crippen LogP contribution in [-0.2, 0) is 22.7 Å². The third-order valence-electron chi connectivity index (χ3n) is 5.67. The van der Waals surface area contributed by atoms with E-state index >= 15 is 0 Å². The Labute approximate surface area is 166 Å². The average Bonchev–Trinajstić information content (AvgIpc) is 3.04. The number of imide groups is 1. The van der Waals surface area contributed by atoms with Gasteiger partial charge in [-0.25, -0.2) is 4.39 Å². The fourth-order valence-electron chi connectivity index (χ4n) is 3.84. The number of anilines is 1. The van der Waals surface area contributed by atoms with E-state index in [0.29, 0.717) is 22.4 Å². The van der Waals surface area contributed by atoms with Crippen molar-refractivity contribution in [1.29, 1.82) is 0 Å². The van der Waals surface area contributed by atoms with Crippen LogP contribution in [-0.4, -0.2) is 33.3 Å². The van der Waals surface area contributed by atoms with Gasteiger partial charge < -0.3 is 15.3 Å². The van der Waals surface area contributed by atoms with Gasteiger partial charge in [-0.15, -0.1) is 0 Å². The van der Waals surface area contributed by atoms with Gasteiger partial charge in [0.05, 0.1) is 0 Å². The number of piperidine rings is 1. The predicted octanol–water partition coefficient (Wildman–Crippen LogP) is 2.29. The minimum Gasteiger partial charge on any atom is -0.505 e. The van der Waals surface area contributed by atoms with E-state index in [1.807, 2.05) is 0 Å². The lowest BCUT2D eigenvalue weighted by molar-refractivity contribution is -0.142. The fourth-order valence-corrected chi connectivity index (χ4v) is 3.84. The van der Waals surface area contributed by atoms with Crippen LogP contribution < -0.4 is 10.6 Å². The molecule has 2 aromatic rings. The second-order valence-electron chi connectivity index (χ2n) is 7.48. The molecule has 2 aliphatic heterocycles. The van der Waals surface area contributed by atoms with Crippen molar-refractivity contribution in [2.45, 2.75) is 38.4 Å². The fraction of sp³-hybridized carbons (Fsp3) is 0.286. The number of aromatic hydroxyl groups is 1. The summed E-state index contributed by atoms with van der Waals surface area (Å²) in [6, 6.07) is 9.58. The molecule has 2 heterocycles. The van der Waals surface area contributed by atoms with Gasteiger partial charge in [-0.2, -0.15) is 0 Å². The monoisotopic (exact) mass is 397 g/mol. The van der Waals surface area contributed by atoms with Gasteiger partial charge in [-0.05, 0) is 31.5 Å². The van der Waals surface area contributed by atoms with Gasteiger partial charge in [-0.1, -0.05) is 18.2 Å². The van der Waals surface area contributed by atoms with Gasteiger partial charge in [0.15, 0.2) is 11.6 Å². The number of amides is 3. The summed E-state index contributed by atoms with van der Waals surface area (Å²) in [5, 5.41) is 15.0. The van der Waals surface area contributed by atoms with Crippen LogP contribution in [0, 0.1) is 5.82 Å². The van der Waals surface area contributed by atoms with Gasteiger partial charge in [-0.3, -0.25) is 19.7 Å². The van der Waals surface area contributed by atoms with Crippen molar-refractivity contribution in [3.05, 3.63) is 58.9 Å². The number of hydrogen-bond donors (Lipinski definition) is 3. The molecule has 3 N–H and O–H groups in total. The second-order valence-corrected chi connectivity index (χ2v) is 7.48. The normalized spacial score (nSPS) is 21.2. The van der Waals surface area contributed by atoms with Gasteiger partial charge in [0.1, 0.15) is 5.54 Å². The lowest BCUT2D eigenvalue weighted by Gasteiger charge is -2.39. The van der Waals surface area contributed by atoms with Crippen molar-refractivity contribution >= 4 is 23.4 Å². The highest BCUT2D eigenvalue weighted by Crippen LogP contribution is 2.37. The van der Waals surface area contributed by atoms with Crippen LogP contribution in [0.15, 0.2) is 36.4 Å². The molecule has 4 rings (SSSR count). The number of phenolic OH excluding ortho intramolecular Hbond substituents is 1. The lowest BCUT2D eigenvalue weighted by Crippen LogP contribution is -2.61. The Morgan fingerprint density at radius 2 is 1.97 bits per heavy atom. The van der Waals surface area contributed by atoms with E-state index in [9.17, 15) is 23.9 Å². The summed E-state index contributed by atoms with van der Waals surface area (Å²) < 4.78 is 14.0. The second kappa shape index (κ2) is 6.88. The van der Waals surface area contributed by atoms with Crippen molar-refractivity contribution in [2.24, 2.45) is 0 Å². The Kier molecular flexibility index (Phi) is 4.49. The Balaban J connectivity index is 1.59. The van der Waals surface area contributed by atoms with Crippen molar-refractivity contribution in [3.63, 3.8) is 0 Å². The number of nitrogens with zero attached hydrogens (tertiary/aromatic N) is 1. The standard InChI is InChI=1S/C21H20FN3O4/c1-21(9-8-17(27)24-20(21)29)25-11-14-13(19(25)28)5-3-6-15(14)23-10-12-4-2-7-16(26)18(12)22/h2-7,23,26H,8-11H2,1H3,(H,24,27,29)/t21-/m0/s1. The third-order valence-corrected chi connectivity index (χ3v) is 5.67. The topological polar surface area (TPSA) is 98.7 Å². The van der Waals surface area contributed by atoms with Gasteiger partial charge >= 0.3 is 0 Å². The zero-order valence-electron chi connectivity index (χ0n) is 15.8. The summed E-state index contributed by atoms with van der Waals surface area (Å²) >= 11 is 0. The quantitative estimate of drug-likeness (QED) is 0.688. The molecule has 0 spiro atoms. The highest BCUT2D eigenvalue weighted by molar-refractivity contribution is 6.07. The Morgan fingerprint density at radius 3 is 2.72 bits per heavy atom. The van der Waals surface area contributed by atoms with E-state index < -0.39 is 23.0 Å². The maximum atomic E-state index is 14.0. The van der Waals surface area contributed by atoms with Crippen LogP contribution in [0.3, 0.4) is 0 Å². The first-order valence-electron chi connectivity index (χ1n) is 9.29. The molecule has 7 nitrogen and oxygen atoms in total. The summed E-state index contributed by atoms with van der Waals surface area (Å²) in [5.74, 6) is -2.21. The summed E-state index contributed by atoms with van der Waals surface area (Å²) in [6.07, 6.45) is 0.429. The largest absolute Gasteiger partial charge is 0.505 e. The number of fused-ring (bicyclic) bond motifs is 1. The number of carbonyl (C=O) groups excluding carboxylic acids is 3. The first-order chi connectivity index (χ1) is 13.8. The molecule has 1 atom stereocenters. The Bertz CT molecular complexity index is 1040. The van der Waals surface area contributed by atoms with E-state index in [-0.39, 0.29) is 37.7 Å². The molecule has 0 aromatic heterocycles. The molecule has 2 aliphatic rings. The van der Waals surface area contributed by atoms with E-state index in [4.69, 9.17) is 0 Å². The molecule has 3 amide bonds. The summed E-state index contributed by atoms with van der Waals surface area (Å²) in [6.45, 7) is 1.99. The molecule has 2 aromatic carbocycles. The van der Waals surface area contributed by atoms with Gasteiger partial charge in [0, 0.05) is 41.9 Å². The predicted molar refractivity (Wildman–Crippen MR) is 102 cm³/mol. The summed E-state index contributed by atoms with van der Waals surface area (Å²) in [7, 11) is 0. The van der Waals surface area contributed by atoms with Crippen LogP contribution in [0.2, 0.25) is 0 Å². The molecule has 0 unspecified atom stereocenters. The smallest absolute Gasteiger partial charge is 0.255 e. The van der Waals surface area contributed by atoms with E-state index in [2.05, 4.69) is 10.6 Å². The highest BCUT2D eigenvalue weighted by Gasteiger charge is 2.48. The molecular weight excluding hydrogens is 377 g/mol. The first-order valence-corrected chi connectivity index (χ1v) is 9.29. The van der Waals surface area contributed by atoms with Gasteiger partial charge in [0.2, 0.25) is 5.91 Å². The summed E-state index contributed by atoms with van der Waals surface area (Å²) in [5.41, 5.74) is 1.01. The maximum Gasteiger partial charge on any atom is 0.255 e. The average molecular weight is 397 g/mol. The van der Waals surface area contributed by atoms with Crippen molar-refractivity contribution in [3.8, 4) is 5.75 Å². The molecule has 8 heteroatoms. The van der Waals surface area contributed by atoms with Gasteiger partial charge in [0.25, 0.3) is 11.8 Å². The minimum absolute atomic E-state index is 0.122. The number of carbonyl (C=O) groups is 3. The maximum absolute atomic E-state index is 14.0. The van der Waals surface area contributed by atoms with E-state index in [1.54, 1.807) is 37.3 Å². The number of phenols is 1. The van der Waals surface area contributed by atoms with Crippen LogP contribution in [0.1, 0.15) is 41.3 Å². The molecule has 1 saturated heterocycles.